The fourth-order valence-corrected chi connectivity index (χ4v) is 3.77. The third kappa shape index (κ3) is 4.27. The van der Waals surface area contributed by atoms with Crippen molar-refractivity contribution in [2.24, 2.45) is 5.92 Å². The molecule has 0 bridgehead atoms. The molecule has 1 atom stereocenters. The van der Waals surface area contributed by atoms with Crippen LogP contribution in [0.2, 0.25) is 5.02 Å². The van der Waals surface area contributed by atoms with Gasteiger partial charge in [-0.25, -0.2) is 13.5 Å². The van der Waals surface area contributed by atoms with E-state index in [2.05, 4.69) is 5.10 Å². The molecule has 1 aliphatic carbocycles. The average molecular weight is 403 g/mol. The molecule has 26 heavy (non-hydrogen) atoms. The fraction of sp³-hybridized carbons (Fsp3) is 0.438. The van der Waals surface area contributed by atoms with E-state index in [1.807, 2.05) is 0 Å². The first-order valence-corrected chi connectivity index (χ1v) is 9.47. The van der Waals surface area contributed by atoms with Gasteiger partial charge in [0.15, 0.2) is 12.0 Å². The molecule has 1 saturated carbocycles. The molecule has 1 aliphatic rings. The van der Waals surface area contributed by atoms with Gasteiger partial charge in [0.1, 0.15) is 5.02 Å². The van der Waals surface area contributed by atoms with Crippen molar-refractivity contribution in [3.8, 4) is 5.69 Å². The Balaban J connectivity index is 1.53. The molecule has 2 aromatic heterocycles. The quantitative estimate of drug-likeness (QED) is 0.406. The minimum atomic E-state index is -2.51. The van der Waals surface area contributed by atoms with E-state index < -0.39 is 11.8 Å². The Morgan fingerprint density at radius 2 is 2.31 bits per heavy atom. The standard InChI is InChI=1S/C16H17ClF2N4O2S/c1-21(15(24)4-7-26-10-11-8-16(11,18)19)14-3-6-23(20-14)13-2-5-22(25)9-12(13)17/h2-3,5-6,9,11H,4,7-8,10H2,1H3. The zero-order valence-corrected chi connectivity index (χ0v) is 15.5. The topological polar surface area (TPSA) is 65.1 Å². The van der Waals surface area contributed by atoms with Crippen LogP contribution in [0, 0.1) is 11.1 Å². The van der Waals surface area contributed by atoms with Gasteiger partial charge in [0, 0.05) is 55.6 Å². The largest absolute Gasteiger partial charge is 0.619 e. The van der Waals surface area contributed by atoms with E-state index in [9.17, 15) is 18.8 Å². The number of halogens is 3. The predicted molar refractivity (Wildman–Crippen MR) is 95.9 cm³/mol. The lowest BCUT2D eigenvalue weighted by Gasteiger charge is -2.14. The van der Waals surface area contributed by atoms with Gasteiger partial charge in [-0.05, 0) is 0 Å². The molecule has 140 valence electrons. The van der Waals surface area contributed by atoms with Gasteiger partial charge < -0.3 is 5.21 Å². The Labute approximate surface area is 158 Å². The van der Waals surface area contributed by atoms with Gasteiger partial charge in [0.25, 0.3) is 5.92 Å². The van der Waals surface area contributed by atoms with Crippen molar-refractivity contribution in [2.45, 2.75) is 18.8 Å². The molecule has 0 saturated heterocycles. The molecule has 0 aliphatic heterocycles. The minimum Gasteiger partial charge on any atom is -0.619 e. The van der Waals surface area contributed by atoms with Crippen LogP contribution >= 0.6 is 23.4 Å². The molecule has 2 aromatic rings. The highest BCUT2D eigenvalue weighted by Crippen LogP contribution is 2.50. The zero-order valence-electron chi connectivity index (χ0n) is 13.9. The van der Waals surface area contributed by atoms with Crippen molar-refractivity contribution in [2.75, 3.05) is 23.5 Å². The van der Waals surface area contributed by atoms with Crippen LogP contribution in [-0.4, -0.2) is 40.2 Å². The molecule has 0 N–H and O–H groups in total. The van der Waals surface area contributed by atoms with Crippen molar-refractivity contribution in [3.05, 3.63) is 41.0 Å². The van der Waals surface area contributed by atoms with Crippen molar-refractivity contribution in [3.63, 3.8) is 0 Å². The fourth-order valence-electron chi connectivity index (χ4n) is 2.39. The summed E-state index contributed by atoms with van der Waals surface area (Å²) in [6, 6.07) is 3.18. The molecule has 6 nitrogen and oxygen atoms in total. The first-order chi connectivity index (χ1) is 12.3. The normalized spacial score (nSPS) is 17.9. The predicted octanol–water partition coefficient (Wildman–Crippen LogP) is 2.90. The van der Waals surface area contributed by atoms with Gasteiger partial charge in [0.05, 0.1) is 5.69 Å². The van der Waals surface area contributed by atoms with Gasteiger partial charge in [-0.1, -0.05) is 11.6 Å². The summed E-state index contributed by atoms with van der Waals surface area (Å²) in [7, 11) is 1.60. The molecule has 1 amide bonds. The van der Waals surface area contributed by atoms with Crippen molar-refractivity contribution in [1.82, 2.24) is 9.78 Å². The van der Waals surface area contributed by atoms with Crippen LogP contribution in [0.1, 0.15) is 12.8 Å². The van der Waals surface area contributed by atoms with Crippen LogP contribution in [0.15, 0.2) is 30.7 Å². The molecule has 0 radical (unpaired) electrons. The number of thioether (sulfide) groups is 1. The third-order valence-corrected chi connectivity index (χ3v) is 5.56. The van der Waals surface area contributed by atoms with Crippen LogP contribution in [0.4, 0.5) is 14.6 Å². The van der Waals surface area contributed by atoms with Crippen LogP contribution in [0.3, 0.4) is 0 Å². The van der Waals surface area contributed by atoms with E-state index in [-0.39, 0.29) is 23.8 Å². The minimum absolute atomic E-state index is 0.0420. The maximum absolute atomic E-state index is 12.8. The Morgan fingerprint density at radius 3 is 2.96 bits per heavy atom. The molecule has 10 heteroatoms. The van der Waals surface area contributed by atoms with Crippen LogP contribution in [0.25, 0.3) is 5.69 Å². The van der Waals surface area contributed by atoms with E-state index in [0.29, 0.717) is 27.7 Å². The first kappa shape index (κ1) is 18.9. The second-order valence-electron chi connectivity index (χ2n) is 6.10. The molecular weight excluding hydrogens is 386 g/mol. The number of carbonyl (C=O) groups excluding carboxylic acids is 1. The summed E-state index contributed by atoms with van der Waals surface area (Å²) in [6.45, 7) is 0. The van der Waals surface area contributed by atoms with Gasteiger partial charge in [0.2, 0.25) is 12.1 Å². The number of hydrogen-bond acceptors (Lipinski definition) is 4. The van der Waals surface area contributed by atoms with E-state index in [0.717, 1.165) is 0 Å². The lowest BCUT2D eigenvalue weighted by Crippen LogP contribution is -2.27. The zero-order chi connectivity index (χ0) is 18.9. The molecular formula is C16H17ClF2N4O2S. The van der Waals surface area contributed by atoms with Gasteiger partial charge in [-0.3, -0.25) is 9.69 Å². The number of pyridine rings is 1. The second kappa shape index (κ2) is 7.40. The van der Waals surface area contributed by atoms with E-state index in [1.54, 1.807) is 19.3 Å². The van der Waals surface area contributed by atoms with Crippen molar-refractivity contribution < 1.29 is 18.3 Å². The van der Waals surface area contributed by atoms with Gasteiger partial charge in [-0.15, -0.1) is 5.10 Å². The van der Waals surface area contributed by atoms with Gasteiger partial charge >= 0.3 is 0 Å². The van der Waals surface area contributed by atoms with Gasteiger partial charge in [-0.2, -0.15) is 16.5 Å². The molecule has 2 heterocycles. The summed E-state index contributed by atoms with van der Waals surface area (Å²) in [5, 5.41) is 15.7. The molecule has 1 fully saturated rings. The number of aromatic nitrogens is 3. The summed E-state index contributed by atoms with van der Waals surface area (Å²) >= 11 is 7.40. The smallest absolute Gasteiger partial charge is 0.252 e. The van der Waals surface area contributed by atoms with E-state index >= 15 is 0 Å². The Kier molecular flexibility index (Phi) is 5.38. The first-order valence-electron chi connectivity index (χ1n) is 7.94. The van der Waals surface area contributed by atoms with Crippen molar-refractivity contribution >= 4 is 35.1 Å². The second-order valence-corrected chi connectivity index (χ2v) is 7.65. The number of anilines is 1. The molecule has 3 rings (SSSR count). The average Bonchev–Trinajstić information content (AvgIpc) is 2.97. The monoisotopic (exact) mass is 402 g/mol. The van der Waals surface area contributed by atoms with E-state index in [4.69, 9.17) is 11.6 Å². The molecule has 1 unspecified atom stereocenters. The van der Waals surface area contributed by atoms with Crippen LogP contribution in [0.5, 0.6) is 0 Å². The maximum Gasteiger partial charge on any atom is 0.252 e. The number of alkyl halides is 2. The number of carbonyl (C=O) groups is 1. The highest BCUT2D eigenvalue weighted by Gasteiger charge is 2.56. The lowest BCUT2D eigenvalue weighted by molar-refractivity contribution is -0.605. The summed E-state index contributed by atoms with van der Waals surface area (Å²) in [6.07, 6.45) is 4.36. The SMILES string of the molecule is CN(C(=O)CCSCC1CC1(F)F)c1ccn(-c2cc[n+]([O-])cc2Cl)n1. The highest BCUT2D eigenvalue weighted by molar-refractivity contribution is 7.99. The summed E-state index contributed by atoms with van der Waals surface area (Å²) in [5.74, 6) is -1.90. The molecule has 0 aromatic carbocycles. The summed E-state index contributed by atoms with van der Waals surface area (Å²) in [4.78, 5) is 13.6. The summed E-state index contributed by atoms with van der Waals surface area (Å²) in [5.41, 5.74) is 0.520. The highest BCUT2D eigenvalue weighted by atomic mass is 35.5. The maximum atomic E-state index is 12.8. The van der Waals surface area contributed by atoms with Crippen LogP contribution in [-0.2, 0) is 4.79 Å². The third-order valence-electron chi connectivity index (χ3n) is 4.14. The number of hydrogen-bond donors (Lipinski definition) is 0. The van der Waals surface area contributed by atoms with Crippen LogP contribution < -0.4 is 9.63 Å². The lowest BCUT2D eigenvalue weighted by atomic mass is 10.4. The number of amides is 1. The molecule has 0 spiro atoms. The Bertz CT molecular complexity index is 817. The number of rotatable bonds is 7. The van der Waals surface area contributed by atoms with E-state index in [1.165, 1.54) is 39.8 Å². The Hall–Kier alpha value is -1.87. The number of nitrogens with zero attached hydrogens (tertiary/aromatic N) is 4. The summed E-state index contributed by atoms with van der Waals surface area (Å²) < 4.78 is 27.7. The Morgan fingerprint density at radius 1 is 1.58 bits per heavy atom. The van der Waals surface area contributed by atoms with Crippen molar-refractivity contribution in [1.29, 1.82) is 0 Å².